The van der Waals surface area contributed by atoms with Crippen LogP contribution < -0.4 is 11.4 Å². The second-order valence-electron chi connectivity index (χ2n) is 5.43. The Labute approximate surface area is 129 Å². The lowest BCUT2D eigenvalue weighted by Crippen LogP contribution is -2.28. The predicted molar refractivity (Wildman–Crippen MR) is 83.1 cm³/mol. The predicted octanol–water partition coefficient (Wildman–Crippen LogP) is 0.670. The number of ether oxygens (including phenoxy) is 1. The SMILES string of the molecule is CCCC/C=C/c1cn([C@H]2C[C@H](O)[C@@H](CO)O2)c(=O)nc1N. The molecular formula is C15H23N3O4. The summed E-state index contributed by atoms with van der Waals surface area (Å²) in [7, 11) is 0. The first-order valence-corrected chi connectivity index (χ1v) is 7.56. The number of allylic oxidation sites excluding steroid dienone is 1. The molecule has 122 valence electrons. The molecule has 4 N–H and O–H groups in total. The monoisotopic (exact) mass is 309 g/mol. The van der Waals surface area contributed by atoms with Gasteiger partial charge in [-0.25, -0.2) is 4.79 Å². The normalized spacial score (nSPS) is 25.1. The maximum absolute atomic E-state index is 12.0. The minimum atomic E-state index is -0.803. The lowest BCUT2D eigenvalue weighted by Gasteiger charge is -2.15. The van der Waals surface area contributed by atoms with Crippen molar-refractivity contribution >= 4 is 11.9 Å². The number of aliphatic hydroxyl groups excluding tert-OH is 2. The van der Waals surface area contributed by atoms with Gasteiger partial charge in [0.1, 0.15) is 18.1 Å². The zero-order chi connectivity index (χ0) is 16.1. The zero-order valence-electron chi connectivity index (χ0n) is 12.7. The molecule has 2 rings (SSSR count). The number of hydrogen-bond acceptors (Lipinski definition) is 6. The summed E-state index contributed by atoms with van der Waals surface area (Å²) in [5.41, 5.74) is 5.89. The van der Waals surface area contributed by atoms with Gasteiger partial charge in [-0.05, 0) is 6.42 Å². The Morgan fingerprint density at radius 3 is 3.00 bits per heavy atom. The number of rotatable bonds is 6. The van der Waals surface area contributed by atoms with Crippen molar-refractivity contribution in [2.45, 2.75) is 51.0 Å². The largest absolute Gasteiger partial charge is 0.394 e. The van der Waals surface area contributed by atoms with Crippen LogP contribution in [0.1, 0.15) is 44.4 Å². The van der Waals surface area contributed by atoms with Crippen molar-refractivity contribution in [1.82, 2.24) is 9.55 Å². The van der Waals surface area contributed by atoms with Crippen molar-refractivity contribution < 1.29 is 14.9 Å². The van der Waals surface area contributed by atoms with Crippen LogP contribution in [0.15, 0.2) is 17.1 Å². The Kier molecular flexibility index (Phi) is 5.70. The van der Waals surface area contributed by atoms with Crippen LogP contribution in [0.4, 0.5) is 5.82 Å². The number of aliphatic hydroxyl groups is 2. The molecule has 3 atom stereocenters. The fourth-order valence-electron chi connectivity index (χ4n) is 2.41. The molecule has 22 heavy (non-hydrogen) atoms. The van der Waals surface area contributed by atoms with Crippen molar-refractivity contribution in [1.29, 1.82) is 0 Å². The van der Waals surface area contributed by atoms with E-state index < -0.39 is 24.1 Å². The standard InChI is InChI=1S/C15H23N3O4/c1-2-3-4-5-6-10-8-18(15(21)17-14(10)16)13-7-11(20)12(9-19)22-13/h5-6,8,11-13,19-20H,2-4,7,9H2,1H3,(H2,16,17,21)/b6-5+/t11-,12+,13+/m0/s1. The molecule has 0 aromatic carbocycles. The van der Waals surface area contributed by atoms with Gasteiger partial charge in [0.2, 0.25) is 0 Å². The van der Waals surface area contributed by atoms with Crippen LogP contribution in [-0.2, 0) is 4.74 Å². The van der Waals surface area contributed by atoms with Gasteiger partial charge in [-0.3, -0.25) is 4.57 Å². The summed E-state index contributed by atoms with van der Waals surface area (Å²) in [6, 6.07) is 0. The van der Waals surface area contributed by atoms with E-state index in [1.807, 2.05) is 12.2 Å². The maximum atomic E-state index is 12.0. The van der Waals surface area contributed by atoms with Crippen molar-refractivity contribution in [3.8, 4) is 0 Å². The zero-order valence-corrected chi connectivity index (χ0v) is 12.7. The number of unbranched alkanes of at least 4 members (excludes halogenated alkanes) is 2. The van der Waals surface area contributed by atoms with Gasteiger partial charge in [0.25, 0.3) is 0 Å². The van der Waals surface area contributed by atoms with Crippen LogP contribution in [-0.4, -0.2) is 38.6 Å². The van der Waals surface area contributed by atoms with Crippen molar-refractivity contribution in [2.75, 3.05) is 12.3 Å². The molecule has 0 aliphatic carbocycles. The molecule has 0 radical (unpaired) electrons. The van der Waals surface area contributed by atoms with Gasteiger partial charge in [0, 0.05) is 18.2 Å². The summed E-state index contributed by atoms with van der Waals surface area (Å²) in [5.74, 6) is 0.172. The number of aromatic nitrogens is 2. The van der Waals surface area contributed by atoms with Gasteiger partial charge < -0.3 is 20.7 Å². The molecule has 0 amide bonds. The van der Waals surface area contributed by atoms with E-state index in [9.17, 15) is 9.90 Å². The number of nitrogen functional groups attached to an aromatic ring is 1. The third-order valence-corrected chi connectivity index (χ3v) is 3.73. The quantitative estimate of drug-likeness (QED) is 0.666. The summed E-state index contributed by atoms with van der Waals surface area (Å²) in [4.78, 5) is 15.8. The summed E-state index contributed by atoms with van der Waals surface area (Å²) in [6.07, 6.45) is 6.64. The molecule has 0 bridgehead atoms. The molecule has 0 unspecified atom stereocenters. The lowest BCUT2D eigenvalue weighted by molar-refractivity contribution is -0.0458. The molecule has 1 saturated heterocycles. The molecule has 7 nitrogen and oxygen atoms in total. The van der Waals surface area contributed by atoms with Gasteiger partial charge >= 0.3 is 5.69 Å². The Morgan fingerprint density at radius 1 is 1.59 bits per heavy atom. The summed E-state index contributed by atoms with van der Waals surface area (Å²) in [6.45, 7) is 1.82. The number of nitrogens with two attached hydrogens (primary N) is 1. The second kappa shape index (κ2) is 7.53. The van der Waals surface area contributed by atoms with Gasteiger partial charge in [-0.2, -0.15) is 4.98 Å². The van der Waals surface area contributed by atoms with Gasteiger partial charge in [-0.1, -0.05) is 31.9 Å². The van der Waals surface area contributed by atoms with Gasteiger partial charge in [-0.15, -0.1) is 0 Å². The van der Waals surface area contributed by atoms with Gasteiger partial charge in [0.05, 0.1) is 12.7 Å². The summed E-state index contributed by atoms with van der Waals surface area (Å²) >= 11 is 0. The van der Waals surface area contributed by atoms with E-state index in [1.54, 1.807) is 6.20 Å². The highest BCUT2D eigenvalue weighted by Crippen LogP contribution is 2.27. The van der Waals surface area contributed by atoms with Crippen LogP contribution >= 0.6 is 0 Å². The van der Waals surface area contributed by atoms with Crippen molar-refractivity contribution in [2.24, 2.45) is 0 Å². The minimum absolute atomic E-state index is 0.172. The summed E-state index contributed by atoms with van der Waals surface area (Å²) < 4.78 is 6.80. The van der Waals surface area contributed by atoms with E-state index in [-0.39, 0.29) is 18.8 Å². The van der Waals surface area contributed by atoms with Gasteiger partial charge in [0.15, 0.2) is 0 Å². The van der Waals surface area contributed by atoms with Crippen molar-refractivity contribution in [3.63, 3.8) is 0 Å². The van der Waals surface area contributed by atoms with E-state index in [1.165, 1.54) is 4.57 Å². The third kappa shape index (κ3) is 3.73. The topological polar surface area (TPSA) is 111 Å². The number of hydrogen-bond donors (Lipinski definition) is 3. The maximum Gasteiger partial charge on any atom is 0.351 e. The Balaban J connectivity index is 2.22. The molecule has 7 heteroatoms. The lowest BCUT2D eigenvalue weighted by atomic mass is 10.2. The Hall–Kier alpha value is -1.70. The molecule has 1 aromatic heterocycles. The third-order valence-electron chi connectivity index (χ3n) is 3.73. The second-order valence-corrected chi connectivity index (χ2v) is 5.43. The van der Waals surface area contributed by atoms with Crippen LogP contribution in [0.2, 0.25) is 0 Å². The van der Waals surface area contributed by atoms with Crippen LogP contribution in [0.5, 0.6) is 0 Å². The van der Waals surface area contributed by atoms with E-state index in [0.717, 1.165) is 19.3 Å². The fraction of sp³-hybridized carbons (Fsp3) is 0.600. The molecule has 2 heterocycles. The smallest absolute Gasteiger partial charge is 0.351 e. The highest BCUT2D eigenvalue weighted by atomic mass is 16.5. The molecule has 1 aliphatic heterocycles. The first kappa shape index (κ1) is 16.7. The van der Waals surface area contributed by atoms with Crippen LogP contribution in [0.3, 0.4) is 0 Å². The molecular weight excluding hydrogens is 286 g/mol. The van der Waals surface area contributed by atoms with E-state index in [2.05, 4.69) is 11.9 Å². The number of nitrogens with zero attached hydrogens (tertiary/aromatic N) is 2. The molecule has 0 saturated carbocycles. The molecule has 1 fully saturated rings. The van der Waals surface area contributed by atoms with Crippen molar-refractivity contribution in [3.05, 3.63) is 28.3 Å². The summed E-state index contributed by atoms with van der Waals surface area (Å²) in [5, 5.41) is 18.9. The Morgan fingerprint density at radius 2 is 2.36 bits per heavy atom. The van der Waals surface area contributed by atoms with Crippen LogP contribution in [0, 0.1) is 0 Å². The highest BCUT2D eigenvalue weighted by Gasteiger charge is 2.35. The first-order valence-electron chi connectivity index (χ1n) is 7.56. The number of anilines is 1. The molecule has 1 aliphatic rings. The molecule has 1 aromatic rings. The average molecular weight is 309 g/mol. The minimum Gasteiger partial charge on any atom is -0.394 e. The highest BCUT2D eigenvalue weighted by molar-refractivity contribution is 5.59. The average Bonchev–Trinajstić information content (AvgIpc) is 2.86. The van der Waals surface area contributed by atoms with E-state index >= 15 is 0 Å². The van der Waals surface area contributed by atoms with E-state index in [4.69, 9.17) is 15.6 Å². The van der Waals surface area contributed by atoms with E-state index in [0.29, 0.717) is 5.56 Å². The first-order chi connectivity index (χ1) is 10.6. The fourth-order valence-corrected chi connectivity index (χ4v) is 2.41. The Bertz CT molecular complexity index is 585. The van der Waals surface area contributed by atoms with Crippen LogP contribution in [0.25, 0.3) is 6.08 Å². The molecule has 0 spiro atoms.